The molecule has 0 bridgehead atoms. The first kappa shape index (κ1) is 20.2. The minimum absolute atomic E-state index is 0.106. The van der Waals surface area contributed by atoms with Gasteiger partial charge in [-0.15, -0.1) is 0 Å². The van der Waals surface area contributed by atoms with Crippen LogP contribution in [0.25, 0.3) is 0 Å². The number of anilines is 1. The molecule has 0 radical (unpaired) electrons. The molecule has 0 aliphatic heterocycles. The number of hydrogen-bond acceptors (Lipinski definition) is 5. The number of esters is 1. The number of ether oxygens (including phenoxy) is 2. The van der Waals surface area contributed by atoms with Crippen molar-refractivity contribution >= 4 is 17.4 Å². The maximum Gasteiger partial charge on any atom is 0.338 e. The molecule has 27 heavy (non-hydrogen) atoms. The van der Waals surface area contributed by atoms with Crippen molar-refractivity contribution in [3.63, 3.8) is 0 Å². The first-order valence-electron chi connectivity index (χ1n) is 9.11. The predicted molar refractivity (Wildman–Crippen MR) is 106 cm³/mol. The van der Waals surface area contributed by atoms with Gasteiger partial charge in [0.1, 0.15) is 5.75 Å². The van der Waals surface area contributed by atoms with E-state index < -0.39 is 0 Å². The third-order valence-electron chi connectivity index (χ3n) is 3.79. The minimum Gasteiger partial charge on any atom is -0.494 e. The first-order chi connectivity index (χ1) is 13.1. The predicted octanol–water partition coefficient (Wildman–Crippen LogP) is 4.85. The van der Waals surface area contributed by atoms with Gasteiger partial charge in [-0.3, -0.25) is 4.79 Å². The Morgan fingerprint density at radius 2 is 1.63 bits per heavy atom. The summed E-state index contributed by atoms with van der Waals surface area (Å²) in [6, 6.07) is 14.0. The number of hydrogen-bond donors (Lipinski definition) is 1. The van der Waals surface area contributed by atoms with E-state index in [2.05, 4.69) is 12.2 Å². The molecule has 0 saturated heterocycles. The largest absolute Gasteiger partial charge is 0.494 e. The van der Waals surface area contributed by atoms with Crippen LogP contribution in [-0.2, 0) is 4.74 Å². The molecule has 2 aromatic rings. The average Bonchev–Trinajstić information content (AvgIpc) is 2.69. The van der Waals surface area contributed by atoms with E-state index in [0.29, 0.717) is 24.3 Å². The number of unbranched alkanes of at least 4 members (excludes halogenated alkanes) is 1. The van der Waals surface area contributed by atoms with Gasteiger partial charge in [0, 0.05) is 23.5 Å². The fraction of sp³-hybridized carbons (Fsp3) is 0.273. The second-order valence-electron chi connectivity index (χ2n) is 5.87. The maximum absolute atomic E-state index is 12.2. The molecule has 0 saturated carbocycles. The number of nitrogens with one attached hydrogen (secondary N) is 1. The number of ketones is 1. The zero-order valence-corrected chi connectivity index (χ0v) is 15.7. The van der Waals surface area contributed by atoms with Gasteiger partial charge < -0.3 is 14.8 Å². The van der Waals surface area contributed by atoms with Crippen LogP contribution in [0.4, 0.5) is 5.69 Å². The van der Waals surface area contributed by atoms with Crippen molar-refractivity contribution in [2.45, 2.75) is 26.7 Å². The van der Waals surface area contributed by atoms with Crippen molar-refractivity contribution in [3.05, 3.63) is 71.9 Å². The van der Waals surface area contributed by atoms with Crippen molar-refractivity contribution in [2.75, 3.05) is 18.5 Å². The van der Waals surface area contributed by atoms with E-state index in [-0.39, 0.29) is 11.8 Å². The molecule has 0 aromatic heterocycles. The quantitative estimate of drug-likeness (QED) is 0.281. The van der Waals surface area contributed by atoms with E-state index >= 15 is 0 Å². The van der Waals surface area contributed by atoms with Gasteiger partial charge in [-0.1, -0.05) is 13.3 Å². The number of benzene rings is 2. The summed E-state index contributed by atoms with van der Waals surface area (Å²) in [4.78, 5) is 23.8. The third kappa shape index (κ3) is 6.62. The van der Waals surface area contributed by atoms with Crippen LogP contribution in [0.15, 0.2) is 60.8 Å². The Kier molecular flexibility index (Phi) is 8.10. The number of carbonyl (C=O) groups excluding carboxylic acids is 2. The van der Waals surface area contributed by atoms with E-state index in [4.69, 9.17) is 9.47 Å². The molecule has 2 aromatic carbocycles. The number of allylic oxidation sites excluding steroid dienone is 1. The summed E-state index contributed by atoms with van der Waals surface area (Å²) in [5.41, 5.74) is 1.85. The van der Waals surface area contributed by atoms with Crippen molar-refractivity contribution in [3.8, 4) is 5.75 Å². The smallest absolute Gasteiger partial charge is 0.338 e. The lowest BCUT2D eigenvalue weighted by molar-refractivity contribution is 0.0526. The standard InChI is InChI=1S/C22H25NO4/c1-3-5-16-27-20-12-8-17(9-13-20)21(24)14-15-23-19-10-6-18(7-11-19)22(25)26-4-2/h6-15,23H,3-5,16H2,1-2H3/b15-14+. The number of rotatable bonds is 10. The van der Waals surface area contributed by atoms with Gasteiger partial charge in [0.25, 0.3) is 0 Å². The monoisotopic (exact) mass is 367 g/mol. The van der Waals surface area contributed by atoms with Gasteiger partial charge in [-0.2, -0.15) is 0 Å². The molecule has 0 spiro atoms. The van der Waals surface area contributed by atoms with Gasteiger partial charge in [0.15, 0.2) is 5.78 Å². The molecule has 2 rings (SSSR count). The first-order valence-corrected chi connectivity index (χ1v) is 9.11. The molecular weight excluding hydrogens is 342 g/mol. The Bertz CT molecular complexity index is 764. The summed E-state index contributed by atoms with van der Waals surface area (Å²) in [6.45, 7) is 4.90. The summed E-state index contributed by atoms with van der Waals surface area (Å²) in [5.74, 6) is 0.312. The summed E-state index contributed by atoms with van der Waals surface area (Å²) in [5, 5.41) is 3.01. The average molecular weight is 367 g/mol. The Labute approximate surface area is 160 Å². The molecule has 0 aliphatic carbocycles. The van der Waals surface area contributed by atoms with Gasteiger partial charge >= 0.3 is 5.97 Å². The molecule has 0 fully saturated rings. The highest BCUT2D eigenvalue weighted by Crippen LogP contribution is 2.14. The normalized spacial score (nSPS) is 10.6. The molecule has 142 valence electrons. The van der Waals surface area contributed by atoms with Crippen molar-refractivity contribution in [1.82, 2.24) is 0 Å². The highest BCUT2D eigenvalue weighted by Gasteiger charge is 2.05. The summed E-state index contributed by atoms with van der Waals surface area (Å²) in [6.07, 6.45) is 5.13. The lowest BCUT2D eigenvalue weighted by Gasteiger charge is -2.05. The van der Waals surface area contributed by atoms with E-state index in [9.17, 15) is 9.59 Å². The molecule has 0 unspecified atom stereocenters. The van der Waals surface area contributed by atoms with Crippen LogP contribution >= 0.6 is 0 Å². The molecule has 0 heterocycles. The highest BCUT2D eigenvalue weighted by atomic mass is 16.5. The molecular formula is C22H25NO4. The molecule has 0 amide bonds. The van der Waals surface area contributed by atoms with Crippen molar-refractivity contribution < 1.29 is 19.1 Å². The third-order valence-corrected chi connectivity index (χ3v) is 3.79. The molecule has 0 atom stereocenters. The van der Waals surface area contributed by atoms with Crippen LogP contribution < -0.4 is 10.1 Å². The van der Waals surface area contributed by atoms with Crippen LogP contribution in [0.3, 0.4) is 0 Å². The van der Waals surface area contributed by atoms with E-state index in [0.717, 1.165) is 24.3 Å². The minimum atomic E-state index is -0.350. The molecule has 1 N–H and O–H groups in total. The molecule has 5 heteroatoms. The Morgan fingerprint density at radius 1 is 0.963 bits per heavy atom. The van der Waals surface area contributed by atoms with Gasteiger partial charge in [0.05, 0.1) is 18.8 Å². The van der Waals surface area contributed by atoms with Crippen molar-refractivity contribution in [1.29, 1.82) is 0 Å². The Morgan fingerprint density at radius 3 is 2.26 bits per heavy atom. The second-order valence-corrected chi connectivity index (χ2v) is 5.87. The molecule has 5 nitrogen and oxygen atoms in total. The van der Waals surface area contributed by atoms with Crippen LogP contribution in [0.1, 0.15) is 47.4 Å². The number of carbonyl (C=O) groups is 2. The summed E-state index contributed by atoms with van der Waals surface area (Å²) < 4.78 is 10.5. The zero-order chi connectivity index (χ0) is 19.5. The SMILES string of the molecule is CCCCOc1ccc(C(=O)/C=C/Nc2ccc(C(=O)OCC)cc2)cc1. The van der Waals surface area contributed by atoms with Gasteiger partial charge in [0.2, 0.25) is 0 Å². The molecule has 0 aliphatic rings. The van der Waals surface area contributed by atoms with Crippen LogP contribution in [0.5, 0.6) is 5.75 Å². The van der Waals surface area contributed by atoms with E-state index in [1.54, 1.807) is 61.7 Å². The van der Waals surface area contributed by atoms with E-state index in [1.165, 1.54) is 6.08 Å². The van der Waals surface area contributed by atoms with E-state index in [1.807, 2.05) is 0 Å². The summed E-state index contributed by atoms with van der Waals surface area (Å²) >= 11 is 0. The summed E-state index contributed by atoms with van der Waals surface area (Å²) in [7, 11) is 0. The second kappa shape index (κ2) is 10.8. The lowest BCUT2D eigenvalue weighted by Crippen LogP contribution is -2.04. The van der Waals surface area contributed by atoms with Crippen LogP contribution in [0.2, 0.25) is 0 Å². The topological polar surface area (TPSA) is 64.6 Å². The van der Waals surface area contributed by atoms with Crippen molar-refractivity contribution in [2.24, 2.45) is 0 Å². The zero-order valence-electron chi connectivity index (χ0n) is 15.7. The van der Waals surface area contributed by atoms with Gasteiger partial charge in [-0.25, -0.2) is 4.79 Å². The van der Waals surface area contributed by atoms with Crippen LogP contribution in [0, 0.1) is 0 Å². The fourth-order valence-electron chi connectivity index (χ4n) is 2.28. The Hall–Kier alpha value is -3.08. The maximum atomic E-state index is 12.2. The fourth-order valence-corrected chi connectivity index (χ4v) is 2.28. The Balaban J connectivity index is 1.86. The van der Waals surface area contributed by atoms with Gasteiger partial charge in [-0.05, 0) is 61.9 Å². The lowest BCUT2D eigenvalue weighted by atomic mass is 10.1. The van der Waals surface area contributed by atoms with Crippen LogP contribution in [-0.4, -0.2) is 25.0 Å². The highest BCUT2D eigenvalue weighted by molar-refractivity contribution is 6.04.